The van der Waals surface area contributed by atoms with Crippen LogP contribution in [0.1, 0.15) is 38.7 Å². The van der Waals surface area contributed by atoms with Crippen LogP contribution < -0.4 is 5.73 Å². The highest BCUT2D eigenvalue weighted by atomic mass is 35.5. The number of nitrogens with zero attached hydrogens (tertiary/aromatic N) is 5. The molecule has 2 aliphatic rings. The van der Waals surface area contributed by atoms with Crippen LogP contribution in [-0.2, 0) is 15.1 Å². The van der Waals surface area contributed by atoms with Crippen molar-refractivity contribution in [3.63, 3.8) is 0 Å². The molecule has 3 heterocycles. The molecule has 1 aromatic heterocycles. The van der Waals surface area contributed by atoms with Gasteiger partial charge in [0.2, 0.25) is 5.91 Å². The predicted octanol–water partition coefficient (Wildman–Crippen LogP) is 4.33. The molecule has 2 aromatic carbocycles. The molecule has 0 aliphatic carbocycles. The Hall–Kier alpha value is -3.44. The molecular formula is C25H24ClF3N6O2. The lowest BCUT2D eigenvalue weighted by Crippen LogP contribution is -2.56. The first-order valence-corrected chi connectivity index (χ1v) is 12.1. The Morgan fingerprint density at radius 1 is 1.19 bits per heavy atom. The van der Waals surface area contributed by atoms with E-state index in [4.69, 9.17) is 27.1 Å². The average molecular weight is 533 g/mol. The van der Waals surface area contributed by atoms with Gasteiger partial charge in [-0.05, 0) is 32.3 Å². The maximum absolute atomic E-state index is 14.2. The van der Waals surface area contributed by atoms with Crippen LogP contribution in [-0.4, -0.2) is 50.5 Å². The van der Waals surface area contributed by atoms with Gasteiger partial charge in [0.15, 0.2) is 23.4 Å². The highest BCUT2D eigenvalue weighted by Crippen LogP contribution is 2.41. The summed E-state index contributed by atoms with van der Waals surface area (Å²) in [4.78, 5) is 19.5. The summed E-state index contributed by atoms with van der Waals surface area (Å²) < 4.78 is 47.8. The number of ether oxygens (including phenoxy) is 1. The van der Waals surface area contributed by atoms with Gasteiger partial charge in [-0.25, -0.2) is 22.8 Å². The maximum atomic E-state index is 14.2. The molecule has 194 valence electrons. The van der Waals surface area contributed by atoms with Gasteiger partial charge < -0.3 is 10.5 Å². The number of guanidine groups is 1. The highest BCUT2D eigenvalue weighted by molar-refractivity contribution is 6.34. The summed E-state index contributed by atoms with van der Waals surface area (Å²) in [5, 5.41) is 8.15. The van der Waals surface area contributed by atoms with E-state index in [0.29, 0.717) is 42.7 Å². The van der Waals surface area contributed by atoms with Crippen LogP contribution in [0.2, 0.25) is 5.02 Å². The zero-order valence-electron chi connectivity index (χ0n) is 20.1. The Labute approximate surface area is 215 Å². The minimum Gasteiger partial charge on any atom is -0.378 e. The fourth-order valence-electron chi connectivity index (χ4n) is 4.95. The molecule has 0 saturated carbocycles. The van der Waals surface area contributed by atoms with Crippen molar-refractivity contribution in [3.05, 3.63) is 64.6 Å². The number of hydrogen-bond donors (Lipinski definition) is 1. The van der Waals surface area contributed by atoms with Gasteiger partial charge in [0.05, 0.1) is 29.3 Å². The standard InChI is InChI=1S/C25H24ClF3N6O2/c1-13-8-14(6-7-37-13)35-22(36)11-25(2,31-24(35)30)16-5-3-4-15(23(16)26)20-12-34(33-32-20)21-10-18(28)17(27)9-19(21)29/h3-5,9-10,12-14H,6-8,11H2,1-2H3,(H2,30,31)/t13-,14-,25-/m0/s1. The van der Waals surface area contributed by atoms with Gasteiger partial charge in [0, 0.05) is 30.3 Å². The van der Waals surface area contributed by atoms with E-state index >= 15 is 0 Å². The Balaban J connectivity index is 1.48. The molecule has 2 aliphatic heterocycles. The third-order valence-corrected chi connectivity index (χ3v) is 7.19. The van der Waals surface area contributed by atoms with E-state index in [9.17, 15) is 18.0 Å². The molecule has 8 nitrogen and oxygen atoms in total. The van der Waals surface area contributed by atoms with Crippen molar-refractivity contribution < 1.29 is 22.7 Å². The molecular weight excluding hydrogens is 509 g/mol. The van der Waals surface area contributed by atoms with E-state index in [1.54, 1.807) is 30.0 Å². The predicted molar refractivity (Wildman–Crippen MR) is 131 cm³/mol. The Bertz CT molecular complexity index is 1410. The number of benzene rings is 2. The van der Waals surface area contributed by atoms with E-state index in [1.807, 2.05) is 6.92 Å². The molecule has 37 heavy (non-hydrogen) atoms. The SMILES string of the molecule is C[C@H]1C[C@@H](N2C(=O)C[C@@](C)(c3cccc(-c4cn(-c5cc(F)c(F)cc5F)nn4)c3Cl)N=C2N)CCO1. The van der Waals surface area contributed by atoms with Crippen LogP contribution in [0.15, 0.2) is 41.5 Å². The molecule has 5 rings (SSSR count). The van der Waals surface area contributed by atoms with E-state index in [0.717, 1.165) is 4.68 Å². The second-order valence-corrected chi connectivity index (χ2v) is 9.86. The molecule has 0 radical (unpaired) electrons. The van der Waals surface area contributed by atoms with E-state index < -0.39 is 23.0 Å². The number of carbonyl (C=O) groups is 1. The minimum absolute atomic E-state index is 0.0204. The number of halogens is 4. The normalized spacial score (nSPS) is 24.3. The van der Waals surface area contributed by atoms with Crippen molar-refractivity contribution in [2.45, 2.75) is 50.8 Å². The van der Waals surface area contributed by atoms with Crippen molar-refractivity contribution in [3.8, 4) is 16.9 Å². The van der Waals surface area contributed by atoms with Crippen molar-refractivity contribution in [1.82, 2.24) is 19.9 Å². The molecule has 1 amide bonds. The highest BCUT2D eigenvalue weighted by Gasteiger charge is 2.42. The smallest absolute Gasteiger partial charge is 0.232 e. The Morgan fingerprint density at radius 2 is 1.95 bits per heavy atom. The van der Waals surface area contributed by atoms with Crippen LogP contribution in [0.3, 0.4) is 0 Å². The van der Waals surface area contributed by atoms with Crippen molar-refractivity contribution in [2.24, 2.45) is 10.7 Å². The fourth-order valence-corrected chi connectivity index (χ4v) is 5.37. The Morgan fingerprint density at radius 3 is 2.68 bits per heavy atom. The van der Waals surface area contributed by atoms with Gasteiger partial charge in [0.25, 0.3) is 0 Å². The lowest BCUT2D eigenvalue weighted by Gasteiger charge is -2.41. The van der Waals surface area contributed by atoms with Gasteiger partial charge in [-0.1, -0.05) is 35.0 Å². The molecule has 2 N–H and O–H groups in total. The van der Waals surface area contributed by atoms with Crippen molar-refractivity contribution in [2.75, 3.05) is 6.61 Å². The maximum Gasteiger partial charge on any atom is 0.232 e. The summed E-state index contributed by atoms with van der Waals surface area (Å²) in [7, 11) is 0. The first-order chi connectivity index (χ1) is 17.6. The number of nitrogens with two attached hydrogens (primary N) is 1. The van der Waals surface area contributed by atoms with Gasteiger partial charge in [-0.3, -0.25) is 9.69 Å². The second kappa shape index (κ2) is 9.46. The zero-order chi connectivity index (χ0) is 26.5. The van der Waals surface area contributed by atoms with Gasteiger partial charge in [-0.2, -0.15) is 0 Å². The molecule has 1 fully saturated rings. The number of amides is 1. The van der Waals surface area contributed by atoms with Gasteiger partial charge in [-0.15, -0.1) is 5.10 Å². The molecule has 3 aromatic rings. The first kappa shape index (κ1) is 25.2. The van der Waals surface area contributed by atoms with Crippen molar-refractivity contribution >= 4 is 23.5 Å². The van der Waals surface area contributed by atoms with Gasteiger partial charge in [0.1, 0.15) is 11.4 Å². The van der Waals surface area contributed by atoms with Crippen molar-refractivity contribution in [1.29, 1.82) is 0 Å². The first-order valence-electron chi connectivity index (χ1n) is 11.7. The van der Waals surface area contributed by atoms with Crippen LogP contribution in [0.5, 0.6) is 0 Å². The fraction of sp³-hybridized carbons (Fsp3) is 0.360. The summed E-state index contributed by atoms with van der Waals surface area (Å²) in [6, 6.07) is 6.20. The summed E-state index contributed by atoms with van der Waals surface area (Å²) in [5.41, 5.74) is 6.22. The van der Waals surface area contributed by atoms with E-state index in [-0.39, 0.29) is 46.8 Å². The summed E-state index contributed by atoms with van der Waals surface area (Å²) in [6.07, 6.45) is 2.76. The third kappa shape index (κ3) is 4.57. The quantitative estimate of drug-likeness (QED) is 0.504. The molecule has 0 bridgehead atoms. The Kier molecular flexibility index (Phi) is 6.45. The molecule has 3 atom stereocenters. The number of aliphatic imine (C=N–C) groups is 1. The largest absolute Gasteiger partial charge is 0.378 e. The molecule has 0 spiro atoms. The van der Waals surface area contributed by atoms with Crippen LogP contribution in [0.25, 0.3) is 16.9 Å². The molecule has 0 unspecified atom stereocenters. The summed E-state index contributed by atoms with van der Waals surface area (Å²) >= 11 is 6.79. The van der Waals surface area contributed by atoms with E-state index in [1.165, 1.54) is 6.20 Å². The number of rotatable bonds is 4. The number of carbonyl (C=O) groups excluding carboxylic acids is 1. The number of aromatic nitrogens is 3. The van der Waals surface area contributed by atoms with E-state index in [2.05, 4.69) is 10.3 Å². The second-order valence-electron chi connectivity index (χ2n) is 9.48. The monoisotopic (exact) mass is 532 g/mol. The zero-order valence-corrected chi connectivity index (χ0v) is 20.8. The topological polar surface area (TPSA) is 98.6 Å². The van der Waals surface area contributed by atoms with Crippen LogP contribution in [0, 0.1) is 17.5 Å². The lowest BCUT2D eigenvalue weighted by molar-refractivity contribution is -0.133. The molecule has 1 saturated heterocycles. The number of hydrogen-bond acceptors (Lipinski definition) is 6. The average Bonchev–Trinajstić information content (AvgIpc) is 3.30. The molecule has 12 heteroatoms. The summed E-state index contributed by atoms with van der Waals surface area (Å²) in [5.74, 6) is -3.56. The summed E-state index contributed by atoms with van der Waals surface area (Å²) in [6.45, 7) is 4.28. The lowest BCUT2D eigenvalue weighted by atomic mass is 9.85. The van der Waals surface area contributed by atoms with Gasteiger partial charge >= 0.3 is 0 Å². The minimum atomic E-state index is -1.31. The van der Waals surface area contributed by atoms with Crippen LogP contribution >= 0.6 is 11.6 Å². The third-order valence-electron chi connectivity index (χ3n) is 6.78. The van der Waals surface area contributed by atoms with Crippen LogP contribution in [0.4, 0.5) is 13.2 Å².